The lowest BCUT2D eigenvalue weighted by molar-refractivity contribution is -0.143. The molecule has 0 radical (unpaired) electrons. The normalized spacial score (nSPS) is 37.3. The first-order valence-corrected chi connectivity index (χ1v) is 15.7. The molecular formula is C33H55NO4. The van der Waals surface area contributed by atoms with Crippen molar-refractivity contribution in [3.8, 4) is 0 Å². The number of hydrogen-bond donors (Lipinski definition) is 2. The number of ether oxygens (including phenoxy) is 1. The highest BCUT2D eigenvalue weighted by Gasteiger charge is 2.59. The molecule has 2 N–H and O–H groups in total. The third-order valence-corrected chi connectivity index (χ3v) is 11.5. The Bertz CT molecular complexity index is 890. The number of aliphatic hydroxyl groups is 1. The molecule has 1 amide bonds. The van der Waals surface area contributed by atoms with Gasteiger partial charge in [0.15, 0.2) is 0 Å². The number of fused-ring (bicyclic) bond motifs is 5. The molecule has 0 aromatic heterocycles. The van der Waals surface area contributed by atoms with Gasteiger partial charge in [-0.2, -0.15) is 0 Å². The number of carbonyl (C=O) groups excluding carboxylic acids is 2. The van der Waals surface area contributed by atoms with Gasteiger partial charge < -0.3 is 15.2 Å². The Morgan fingerprint density at radius 3 is 2.61 bits per heavy atom. The average molecular weight is 530 g/mol. The van der Waals surface area contributed by atoms with Crippen LogP contribution in [0.15, 0.2) is 11.6 Å². The molecule has 4 rings (SSSR count). The van der Waals surface area contributed by atoms with E-state index in [1.54, 1.807) is 5.57 Å². The molecule has 5 nitrogen and oxygen atoms in total. The molecule has 8 atom stereocenters. The molecule has 0 spiro atoms. The molecule has 3 saturated carbocycles. The van der Waals surface area contributed by atoms with Gasteiger partial charge in [0.05, 0.1) is 12.2 Å². The Labute approximate surface area is 231 Å². The monoisotopic (exact) mass is 529 g/mol. The summed E-state index contributed by atoms with van der Waals surface area (Å²) in [4.78, 5) is 24.1. The maximum atomic E-state index is 12.6. The van der Waals surface area contributed by atoms with E-state index in [2.05, 4.69) is 32.2 Å². The van der Waals surface area contributed by atoms with Gasteiger partial charge in [-0.15, -0.1) is 0 Å². The second-order valence-electron chi connectivity index (χ2n) is 14.5. The first kappa shape index (κ1) is 29.6. The van der Waals surface area contributed by atoms with Crippen LogP contribution in [0.3, 0.4) is 0 Å². The lowest BCUT2D eigenvalue weighted by Crippen LogP contribution is -2.52. The molecule has 216 valence electrons. The van der Waals surface area contributed by atoms with Crippen molar-refractivity contribution in [2.75, 3.05) is 6.61 Å². The van der Waals surface area contributed by atoms with E-state index in [4.69, 9.17) is 4.74 Å². The summed E-state index contributed by atoms with van der Waals surface area (Å²) in [5.74, 6) is 3.70. The quantitative estimate of drug-likeness (QED) is 0.237. The Kier molecular flexibility index (Phi) is 9.06. The highest BCUT2D eigenvalue weighted by molar-refractivity contribution is 5.77. The molecule has 38 heavy (non-hydrogen) atoms. The Balaban J connectivity index is 1.35. The van der Waals surface area contributed by atoms with Gasteiger partial charge >= 0.3 is 5.97 Å². The SMILES string of the molecule is CCOC(=O)CCCC(=O)N[C@H]1CC[C@@]2(C)C(=CCC3C2CC[C@@]2(C)C3CC[C@@H]2C(C)CCC(C)(C)O)C1. The van der Waals surface area contributed by atoms with Crippen LogP contribution in [0.2, 0.25) is 0 Å². The molecular weight excluding hydrogens is 474 g/mol. The van der Waals surface area contributed by atoms with Crippen LogP contribution >= 0.6 is 0 Å². The van der Waals surface area contributed by atoms with E-state index in [-0.39, 0.29) is 23.3 Å². The van der Waals surface area contributed by atoms with Gasteiger partial charge in [-0.05, 0) is 132 Å². The van der Waals surface area contributed by atoms with E-state index >= 15 is 0 Å². The number of esters is 1. The summed E-state index contributed by atoms with van der Waals surface area (Å²) in [5, 5.41) is 13.6. The van der Waals surface area contributed by atoms with E-state index in [1.165, 1.54) is 38.5 Å². The van der Waals surface area contributed by atoms with Gasteiger partial charge in [-0.25, -0.2) is 0 Å². The predicted molar refractivity (Wildman–Crippen MR) is 152 cm³/mol. The van der Waals surface area contributed by atoms with Crippen molar-refractivity contribution in [1.82, 2.24) is 5.32 Å². The van der Waals surface area contributed by atoms with E-state index in [0.29, 0.717) is 37.2 Å². The zero-order valence-corrected chi connectivity index (χ0v) is 25.1. The minimum absolute atomic E-state index is 0.0707. The lowest BCUT2D eigenvalue weighted by atomic mass is 9.47. The largest absolute Gasteiger partial charge is 0.466 e. The Hall–Kier alpha value is -1.36. The second-order valence-corrected chi connectivity index (χ2v) is 14.5. The van der Waals surface area contributed by atoms with Crippen molar-refractivity contribution in [1.29, 1.82) is 0 Å². The number of rotatable bonds is 10. The van der Waals surface area contributed by atoms with Crippen LogP contribution < -0.4 is 5.32 Å². The summed E-state index contributed by atoms with van der Waals surface area (Å²) in [5.41, 5.74) is 1.75. The van der Waals surface area contributed by atoms with Gasteiger partial charge in [0, 0.05) is 18.9 Å². The number of nitrogens with one attached hydrogen (secondary N) is 1. The maximum Gasteiger partial charge on any atom is 0.305 e. The number of allylic oxidation sites excluding steroid dienone is 1. The molecule has 4 unspecified atom stereocenters. The molecule has 0 bridgehead atoms. The summed E-state index contributed by atoms with van der Waals surface area (Å²) < 4.78 is 4.97. The van der Waals surface area contributed by atoms with Crippen molar-refractivity contribution in [2.45, 2.75) is 137 Å². The molecule has 0 aromatic rings. The summed E-state index contributed by atoms with van der Waals surface area (Å²) in [6.07, 6.45) is 15.7. The second kappa shape index (κ2) is 11.6. The van der Waals surface area contributed by atoms with Crippen LogP contribution in [-0.4, -0.2) is 35.2 Å². The number of hydrogen-bond acceptors (Lipinski definition) is 4. The van der Waals surface area contributed by atoms with Crippen molar-refractivity contribution >= 4 is 11.9 Å². The fourth-order valence-corrected chi connectivity index (χ4v) is 9.47. The van der Waals surface area contributed by atoms with Crippen LogP contribution in [0.25, 0.3) is 0 Å². The van der Waals surface area contributed by atoms with Gasteiger partial charge in [-0.3, -0.25) is 9.59 Å². The first-order valence-electron chi connectivity index (χ1n) is 15.7. The maximum absolute atomic E-state index is 12.6. The molecule has 0 saturated heterocycles. The van der Waals surface area contributed by atoms with Gasteiger partial charge in [-0.1, -0.05) is 32.4 Å². The molecule has 4 aliphatic carbocycles. The molecule has 0 aromatic carbocycles. The fourth-order valence-electron chi connectivity index (χ4n) is 9.47. The summed E-state index contributed by atoms with van der Waals surface area (Å²) >= 11 is 0. The van der Waals surface area contributed by atoms with Crippen molar-refractivity contribution in [3.63, 3.8) is 0 Å². The molecule has 0 heterocycles. The van der Waals surface area contributed by atoms with E-state index in [1.807, 2.05) is 20.8 Å². The van der Waals surface area contributed by atoms with Crippen LogP contribution in [0.4, 0.5) is 0 Å². The van der Waals surface area contributed by atoms with Gasteiger partial charge in [0.1, 0.15) is 0 Å². The minimum Gasteiger partial charge on any atom is -0.466 e. The highest BCUT2D eigenvalue weighted by atomic mass is 16.5. The standard InChI is InChI=1S/C33H55NO4/c1-7-38-30(36)10-8-9-29(35)34-24-16-19-32(5)23(21-24)11-12-25-27-14-13-26(22(2)15-18-31(3,4)37)33(27,6)20-17-28(25)32/h11,22,24-28,37H,7-10,12-21H2,1-6H3,(H,34,35)/t22?,24-,25?,26+,27?,28?,32-,33+/m0/s1. The zero-order valence-electron chi connectivity index (χ0n) is 25.1. The van der Waals surface area contributed by atoms with E-state index in [0.717, 1.165) is 49.4 Å². The van der Waals surface area contributed by atoms with E-state index in [9.17, 15) is 14.7 Å². The van der Waals surface area contributed by atoms with Crippen LogP contribution in [0, 0.1) is 40.4 Å². The summed E-state index contributed by atoms with van der Waals surface area (Å²) in [6, 6.07) is 0.224. The van der Waals surface area contributed by atoms with Gasteiger partial charge in [0.25, 0.3) is 0 Å². The van der Waals surface area contributed by atoms with Gasteiger partial charge in [0.2, 0.25) is 5.91 Å². The average Bonchev–Trinajstić information content (AvgIpc) is 3.20. The third-order valence-electron chi connectivity index (χ3n) is 11.5. The predicted octanol–water partition coefficient (Wildman–Crippen LogP) is 6.97. The smallest absolute Gasteiger partial charge is 0.305 e. The van der Waals surface area contributed by atoms with Crippen molar-refractivity contribution < 1.29 is 19.4 Å². The number of carbonyl (C=O) groups is 2. The first-order chi connectivity index (χ1) is 17.9. The Morgan fingerprint density at radius 2 is 1.89 bits per heavy atom. The topological polar surface area (TPSA) is 75.6 Å². The highest BCUT2D eigenvalue weighted by Crippen LogP contribution is 2.67. The molecule has 5 heteroatoms. The Morgan fingerprint density at radius 1 is 1.13 bits per heavy atom. The van der Waals surface area contributed by atoms with Crippen LogP contribution in [-0.2, 0) is 14.3 Å². The van der Waals surface area contributed by atoms with Crippen molar-refractivity contribution in [3.05, 3.63) is 11.6 Å². The van der Waals surface area contributed by atoms with Crippen molar-refractivity contribution in [2.24, 2.45) is 40.4 Å². The third kappa shape index (κ3) is 6.18. The minimum atomic E-state index is -0.565. The zero-order chi connectivity index (χ0) is 27.7. The summed E-state index contributed by atoms with van der Waals surface area (Å²) in [6.45, 7) is 13.7. The van der Waals surface area contributed by atoms with Crippen LogP contribution in [0.5, 0.6) is 0 Å². The molecule has 3 fully saturated rings. The number of amides is 1. The molecule has 0 aliphatic heterocycles. The molecule has 4 aliphatic rings. The summed E-state index contributed by atoms with van der Waals surface area (Å²) in [7, 11) is 0. The lowest BCUT2D eigenvalue weighted by Gasteiger charge is -2.58. The van der Waals surface area contributed by atoms with E-state index < -0.39 is 5.60 Å². The fraction of sp³-hybridized carbons (Fsp3) is 0.879. The van der Waals surface area contributed by atoms with Crippen LogP contribution in [0.1, 0.15) is 125 Å².